The van der Waals surface area contributed by atoms with Gasteiger partial charge in [0.05, 0.1) is 22.2 Å². The molecule has 0 aromatic rings. The minimum atomic E-state index is -1.55. The Morgan fingerprint density at radius 2 is 2.00 bits per heavy atom. The number of nitrogens with zero attached hydrogens (tertiary/aromatic N) is 1. The minimum Gasteiger partial charge on any atom is -0.489 e. The normalized spacial score (nSPS) is 24.0. The molecule has 0 bridgehead atoms. The van der Waals surface area contributed by atoms with E-state index in [2.05, 4.69) is 6.58 Å². The second-order valence-corrected chi connectivity index (χ2v) is 10.3. The fourth-order valence-corrected chi connectivity index (χ4v) is 5.14. The number of hydrogen-bond acceptors (Lipinski definition) is 6. The van der Waals surface area contributed by atoms with E-state index in [9.17, 15) is 23.7 Å². The van der Waals surface area contributed by atoms with Gasteiger partial charge >= 0.3 is 5.97 Å². The summed E-state index contributed by atoms with van der Waals surface area (Å²) in [5.74, 6) is -1.57. The lowest BCUT2D eigenvalue weighted by Crippen LogP contribution is -2.70. The van der Waals surface area contributed by atoms with Crippen LogP contribution >= 0.6 is 0 Å². The van der Waals surface area contributed by atoms with Crippen molar-refractivity contribution in [2.24, 2.45) is 0 Å². The molecule has 8 nitrogen and oxygen atoms in total. The van der Waals surface area contributed by atoms with Gasteiger partial charge in [-0.05, 0) is 52.8 Å². The number of rotatable bonds is 10. The quantitative estimate of drug-likeness (QED) is 0.223. The van der Waals surface area contributed by atoms with Gasteiger partial charge in [-0.3, -0.25) is 18.7 Å². The summed E-state index contributed by atoms with van der Waals surface area (Å²) in [7, 11) is -1.55. The predicted molar refractivity (Wildman–Crippen MR) is 125 cm³/mol. The first kappa shape index (κ1) is 26.5. The molecule has 2 aliphatic heterocycles. The Morgan fingerprint density at radius 3 is 2.55 bits per heavy atom. The number of fused-ring (bicyclic) bond motifs is 1. The maximum Gasteiger partial charge on any atom is 0.352 e. The number of carbonyl (C=O) groups is 3. The van der Waals surface area contributed by atoms with Crippen molar-refractivity contribution >= 4 is 28.5 Å². The average Bonchev–Trinajstić information content (AvgIpc) is 2.69. The van der Waals surface area contributed by atoms with Crippen LogP contribution in [0, 0.1) is 0 Å². The maximum absolute atomic E-state index is 12.9. The predicted octanol–water partition coefficient (Wildman–Crippen LogP) is 3.01. The van der Waals surface area contributed by atoms with Crippen LogP contribution < -0.4 is 0 Å². The smallest absolute Gasteiger partial charge is 0.352 e. The number of ether oxygens (including phenoxy) is 2. The van der Waals surface area contributed by atoms with E-state index in [1.165, 1.54) is 12.2 Å². The molecule has 2 aliphatic rings. The Balaban J connectivity index is 2.24. The van der Waals surface area contributed by atoms with Crippen molar-refractivity contribution in [1.82, 2.24) is 4.90 Å². The van der Waals surface area contributed by atoms with Gasteiger partial charge in [0.2, 0.25) is 0 Å². The van der Waals surface area contributed by atoms with E-state index < -0.39 is 39.8 Å². The van der Waals surface area contributed by atoms with Crippen molar-refractivity contribution in [2.75, 3.05) is 12.4 Å². The van der Waals surface area contributed by atoms with Crippen molar-refractivity contribution in [3.05, 3.63) is 59.6 Å². The van der Waals surface area contributed by atoms with Crippen LogP contribution in [0.2, 0.25) is 0 Å². The number of amides is 1. The second kappa shape index (κ2) is 10.9. The lowest BCUT2D eigenvalue weighted by atomic mass is 10.0. The van der Waals surface area contributed by atoms with Crippen LogP contribution in [0.4, 0.5) is 0 Å². The minimum absolute atomic E-state index is 0.0517. The molecule has 1 N–H and O–H groups in total. The molecule has 0 aromatic heterocycles. The zero-order chi connectivity index (χ0) is 24.9. The van der Waals surface area contributed by atoms with Gasteiger partial charge in [-0.2, -0.15) is 0 Å². The van der Waals surface area contributed by atoms with E-state index in [4.69, 9.17) is 9.47 Å². The first-order valence-corrected chi connectivity index (χ1v) is 11.9. The van der Waals surface area contributed by atoms with E-state index in [-0.39, 0.29) is 35.8 Å². The third-order valence-corrected chi connectivity index (χ3v) is 6.36. The summed E-state index contributed by atoms with van der Waals surface area (Å²) >= 11 is 0. The molecule has 2 heterocycles. The molecule has 1 amide bonds. The fraction of sp³-hybridized carbons (Fsp3) is 0.458. The van der Waals surface area contributed by atoms with Crippen LogP contribution in [0.25, 0.3) is 0 Å². The topological polar surface area (TPSA) is 110 Å². The number of β-lactam (4-membered cyclic amide) rings is 1. The van der Waals surface area contributed by atoms with E-state index >= 15 is 0 Å². The molecule has 33 heavy (non-hydrogen) atoms. The van der Waals surface area contributed by atoms with E-state index in [1.807, 2.05) is 0 Å². The van der Waals surface area contributed by atoms with Crippen molar-refractivity contribution in [1.29, 1.82) is 0 Å². The number of carboxylic acid groups (broad SMARTS) is 1. The monoisotopic (exact) mass is 477 g/mol. The lowest BCUT2D eigenvalue weighted by Gasteiger charge is -2.50. The van der Waals surface area contributed by atoms with Gasteiger partial charge in [0, 0.05) is 12.0 Å². The number of hydrogen-bond donors (Lipinski definition) is 1. The molecule has 0 saturated carbocycles. The summed E-state index contributed by atoms with van der Waals surface area (Å²) in [6.07, 6.45) is 7.14. The Bertz CT molecular complexity index is 981. The second-order valence-electron chi connectivity index (χ2n) is 8.76. The molecule has 9 heteroatoms. The Labute approximate surface area is 196 Å². The SMILES string of the molecule is C=C/C=C(\C=C(/C)CC(=O)/C=C\C)OCC1=C(C(=O)O)N2C(=O)[C@H](OC(C)(C)C)[C@H]2S(=O)C1. The van der Waals surface area contributed by atoms with Crippen molar-refractivity contribution in [3.63, 3.8) is 0 Å². The fourth-order valence-electron chi connectivity index (χ4n) is 3.52. The van der Waals surface area contributed by atoms with Gasteiger partial charge in [-0.1, -0.05) is 24.3 Å². The number of carboxylic acids is 1. The first-order chi connectivity index (χ1) is 15.4. The highest BCUT2D eigenvalue weighted by Crippen LogP contribution is 2.38. The molecule has 0 spiro atoms. The highest BCUT2D eigenvalue weighted by molar-refractivity contribution is 7.86. The van der Waals surface area contributed by atoms with Crippen LogP contribution in [0.5, 0.6) is 0 Å². The number of ketones is 1. The van der Waals surface area contributed by atoms with Gasteiger partial charge in [-0.15, -0.1) is 0 Å². The molecule has 2 rings (SSSR count). The summed E-state index contributed by atoms with van der Waals surface area (Å²) in [6.45, 7) is 12.3. The Morgan fingerprint density at radius 1 is 1.33 bits per heavy atom. The summed E-state index contributed by atoms with van der Waals surface area (Å²) in [5.41, 5.74) is 0.118. The molecule has 0 aliphatic carbocycles. The van der Waals surface area contributed by atoms with Gasteiger partial charge in [0.25, 0.3) is 5.91 Å². The van der Waals surface area contributed by atoms with Crippen molar-refractivity contribution < 1.29 is 33.2 Å². The van der Waals surface area contributed by atoms with Crippen molar-refractivity contribution in [2.45, 2.75) is 58.1 Å². The van der Waals surface area contributed by atoms with E-state index in [0.29, 0.717) is 5.76 Å². The molecular weight excluding hydrogens is 446 g/mol. The van der Waals surface area contributed by atoms with Gasteiger partial charge < -0.3 is 14.6 Å². The largest absolute Gasteiger partial charge is 0.489 e. The van der Waals surface area contributed by atoms with Gasteiger partial charge in [0.1, 0.15) is 23.4 Å². The summed E-state index contributed by atoms with van der Waals surface area (Å²) in [6, 6.07) is 0. The van der Waals surface area contributed by atoms with Crippen molar-refractivity contribution in [3.8, 4) is 0 Å². The first-order valence-electron chi connectivity index (χ1n) is 10.5. The molecule has 1 saturated heterocycles. The highest BCUT2D eigenvalue weighted by atomic mass is 32.2. The zero-order valence-electron chi connectivity index (χ0n) is 19.6. The Hall–Kier alpha value is -2.78. The molecular formula is C24H31NO7S. The number of aliphatic carboxylic acids is 1. The lowest BCUT2D eigenvalue weighted by molar-refractivity contribution is -0.178. The Kier molecular flexibility index (Phi) is 8.74. The summed E-state index contributed by atoms with van der Waals surface area (Å²) in [4.78, 5) is 37.5. The maximum atomic E-state index is 12.9. The van der Waals surface area contributed by atoms with Crippen LogP contribution in [0.1, 0.15) is 41.0 Å². The molecule has 0 radical (unpaired) electrons. The summed E-state index contributed by atoms with van der Waals surface area (Å²) < 4.78 is 24.4. The number of allylic oxidation sites excluding steroid dienone is 6. The average molecular weight is 478 g/mol. The van der Waals surface area contributed by atoms with Crippen LogP contribution in [0.3, 0.4) is 0 Å². The molecule has 0 aromatic carbocycles. The molecule has 180 valence electrons. The summed E-state index contributed by atoms with van der Waals surface area (Å²) in [5, 5.41) is 8.95. The molecule has 1 fully saturated rings. The van der Waals surface area contributed by atoms with Crippen LogP contribution in [-0.2, 0) is 34.7 Å². The third-order valence-electron chi connectivity index (χ3n) is 4.73. The number of carbonyl (C=O) groups excluding carboxylic acids is 2. The molecule has 3 atom stereocenters. The van der Waals surface area contributed by atoms with Crippen LogP contribution in [0.15, 0.2) is 59.6 Å². The molecule has 1 unspecified atom stereocenters. The van der Waals surface area contributed by atoms with E-state index in [0.717, 1.165) is 10.5 Å². The highest BCUT2D eigenvalue weighted by Gasteiger charge is 2.58. The van der Waals surface area contributed by atoms with Crippen LogP contribution in [-0.4, -0.2) is 61.3 Å². The van der Waals surface area contributed by atoms with Gasteiger partial charge in [0.15, 0.2) is 11.9 Å². The standard InChI is InChI=1S/C24H31NO7S/c1-7-9-17(26)11-15(3)12-18(10-8-2)31-13-16-14-33(30)22-20(32-24(4,5)6)21(27)25(22)19(16)23(28)29/h7-10,12,20,22H,2,11,13-14H2,1,3-6H3,(H,28,29)/b9-7-,15-12+,18-10+/t20-,22+,33?/m0/s1. The zero-order valence-corrected chi connectivity index (χ0v) is 20.4. The van der Waals surface area contributed by atoms with Gasteiger partial charge in [-0.25, -0.2) is 4.79 Å². The van der Waals surface area contributed by atoms with E-state index in [1.54, 1.807) is 52.8 Å². The third kappa shape index (κ3) is 6.61.